The Balaban J connectivity index is 3.33. The van der Waals surface area contributed by atoms with E-state index < -0.39 is 5.38 Å². The Labute approximate surface area is 93.0 Å². The number of benzene rings is 1. The van der Waals surface area contributed by atoms with E-state index in [1.807, 2.05) is 0 Å². The van der Waals surface area contributed by atoms with Gasteiger partial charge in [0.05, 0.1) is 7.11 Å². The fraction of sp³-hybridized carbons (Fsp3) is 0.273. The first-order valence-electron chi connectivity index (χ1n) is 4.38. The molecule has 0 aliphatic heterocycles. The average molecular weight is 227 g/mol. The maximum absolute atomic E-state index is 11.2. The third kappa shape index (κ3) is 2.36. The number of carbonyl (C=O) groups excluding carboxylic acids is 2. The number of rotatable bonds is 4. The van der Waals surface area contributed by atoms with E-state index in [-0.39, 0.29) is 5.78 Å². The molecule has 15 heavy (non-hydrogen) atoms. The van der Waals surface area contributed by atoms with Gasteiger partial charge >= 0.3 is 0 Å². The first-order valence-corrected chi connectivity index (χ1v) is 4.82. The van der Waals surface area contributed by atoms with Crippen LogP contribution in [0.4, 0.5) is 0 Å². The van der Waals surface area contributed by atoms with E-state index in [1.165, 1.54) is 14.0 Å². The van der Waals surface area contributed by atoms with Gasteiger partial charge in [0.25, 0.3) is 0 Å². The summed E-state index contributed by atoms with van der Waals surface area (Å²) in [6.07, 6.45) is 0.663. The quantitative estimate of drug-likeness (QED) is 0.585. The Morgan fingerprint density at radius 3 is 2.67 bits per heavy atom. The molecule has 0 saturated heterocycles. The molecule has 1 aromatic rings. The molecular formula is C11H11ClO3. The lowest BCUT2D eigenvalue weighted by Crippen LogP contribution is -2.07. The second-order valence-electron chi connectivity index (χ2n) is 3.05. The summed E-state index contributed by atoms with van der Waals surface area (Å²) in [6.45, 7) is 1.37. The number of halogens is 1. The van der Waals surface area contributed by atoms with Gasteiger partial charge in [0.1, 0.15) is 11.1 Å². The zero-order valence-corrected chi connectivity index (χ0v) is 9.25. The number of hydrogen-bond acceptors (Lipinski definition) is 3. The molecule has 1 atom stereocenters. The number of ether oxygens (including phenoxy) is 1. The summed E-state index contributed by atoms with van der Waals surface area (Å²) in [6, 6.07) is 4.94. The van der Waals surface area contributed by atoms with Crippen LogP contribution in [0.1, 0.15) is 28.2 Å². The largest absolute Gasteiger partial charge is 0.496 e. The molecule has 0 aliphatic carbocycles. The van der Waals surface area contributed by atoms with Gasteiger partial charge in [0.2, 0.25) is 0 Å². The Morgan fingerprint density at radius 2 is 2.20 bits per heavy atom. The van der Waals surface area contributed by atoms with Crippen LogP contribution in [-0.2, 0) is 4.79 Å². The van der Waals surface area contributed by atoms with Gasteiger partial charge in [0, 0.05) is 11.1 Å². The van der Waals surface area contributed by atoms with Crippen molar-refractivity contribution in [3.63, 3.8) is 0 Å². The summed E-state index contributed by atoms with van der Waals surface area (Å²) in [4.78, 5) is 22.0. The summed E-state index contributed by atoms with van der Waals surface area (Å²) >= 11 is 5.92. The van der Waals surface area contributed by atoms with E-state index in [2.05, 4.69) is 0 Å². The normalized spacial score (nSPS) is 11.9. The highest BCUT2D eigenvalue weighted by atomic mass is 35.5. The Hall–Kier alpha value is -1.35. The minimum Gasteiger partial charge on any atom is -0.496 e. The first-order chi connectivity index (χ1) is 7.11. The maximum Gasteiger partial charge on any atom is 0.152 e. The number of Topliss-reactive ketones (excluding diaryl/α,β-unsaturated/α-hetero) is 1. The van der Waals surface area contributed by atoms with Gasteiger partial charge in [0.15, 0.2) is 12.1 Å². The number of hydrogen-bond donors (Lipinski definition) is 0. The SMILES string of the molecule is COc1cccc(C=O)c1C(Cl)C(C)=O. The molecule has 80 valence electrons. The Kier molecular flexibility index (Phi) is 3.86. The van der Waals surface area contributed by atoms with Crippen molar-refractivity contribution in [2.24, 2.45) is 0 Å². The lowest BCUT2D eigenvalue weighted by Gasteiger charge is -2.13. The molecule has 0 amide bonds. The predicted molar refractivity (Wildman–Crippen MR) is 57.7 cm³/mol. The molecule has 0 fully saturated rings. The molecule has 0 aromatic heterocycles. The third-order valence-electron chi connectivity index (χ3n) is 2.06. The molecule has 0 bridgehead atoms. The molecule has 3 nitrogen and oxygen atoms in total. The molecule has 0 saturated carbocycles. The van der Waals surface area contributed by atoms with Crippen molar-refractivity contribution < 1.29 is 14.3 Å². The van der Waals surface area contributed by atoms with Crippen LogP contribution in [0.15, 0.2) is 18.2 Å². The van der Waals surface area contributed by atoms with Gasteiger partial charge in [-0.15, -0.1) is 11.6 Å². The van der Waals surface area contributed by atoms with Crippen molar-refractivity contribution in [3.8, 4) is 5.75 Å². The second-order valence-corrected chi connectivity index (χ2v) is 3.49. The van der Waals surface area contributed by atoms with E-state index in [0.29, 0.717) is 23.2 Å². The number of methoxy groups -OCH3 is 1. The van der Waals surface area contributed by atoms with E-state index in [4.69, 9.17) is 16.3 Å². The lowest BCUT2D eigenvalue weighted by atomic mass is 10.0. The fourth-order valence-corrected chi connectivity index (χ4v) is 1.55. The second kappa shape index (κ2) is 4.94. The zero-order chi connectivity index (χ0) is 11.4. The van der Waals surface area contributed by atoms with E-state index in [9.17, 15) is 9.59 Å². The standard InChI is InChI=1S/C11H11ClO3/c1-7(14)11(12)10-8(6-13)4-3-5-9(10)15-2/h3-6,11H,1-2H3. The maximum atomic E-state index is 11.2. The molecule has 1 unspecified atom stereocenters. The molecule has 0 aliphatic rings. The van der Waals surface area contributed by atoms with Gasteiger partial charge in [-0.25, -0.2) is 0 Å². The minimum absolute atomic E-state index is 0.218. The van der Waals surface area contributed by atoms with Crippen LogP contribution in [0.25, 0.3) is 0 Å². The average Bonchev–Trinajstić information content (AvgIpc) is 2.26. The topological polar surface area (TPSA) is 43.4 Å². The summed E-state index contributed by atoms with van der Waals surface area (Å²) in [5, 5.41) is -0.846. The van der Waals surface area contributed by atoms with Crippen molar-refractivity contribution in [1.29, 1.82) is 0 Å². The smallest absolute Gasteiger partial charge is 0.152 e. The highest BCUT2D eigenvalue weighted by Gasteiger charge is 2.21. The van der Waals surface area contributed by atoms with Crippen LogP contribution in [0, 0.1) is 0 Å². The summed E-state index contributed by atoms with van der Waals surface area (Å²) in [7, 11) is 1.47. The number of alkyl halides is 1. The zero-order valence-electron chi connectivity index (χ0n) is 8.49. The molecular weight excluding hydrogens is 216 g/mol. The van der Waals surface area contributed by atoms with E-state index in [1.54, 1.807) is 18.2 Å². The molecule has 0 N–H and O–H groups in total. The number of carbonyl (C=O) groups is 2. The molecule has 1 aromatic carbocycles. The van der Waals surface area contributed by atoms with Crippen molar-refractivity contribution in [2.45, 2.75) is 12.3 Å². The molecule has 4 heteroatoms. The Bertz CT molecular complexity index is 387. The first kappa shape index (κ1) is 11.7. The summed E-state index contributed by atoms with van der Waals surface area (Å²) < 4.78 is 5.06. The highest BCUT2D eigenvalue weighted by molar-refractivity contribution is 6.31. The van der Waals surface area contributed by atoms with Gasteiger partial charge in [-0.1, -0.05) is 12.1 Å². The Morgan fingerprint density at radius 1 is 1.53 bits per heavy atom. The molecule has 0 radical (unpaired) electrons. The fourth-order valence-electron chi connectivity index (χ4n) is 1.32. The molecule has 1 rings (SSSR count). The van der Waals surface area contributed by atoms with Crippen molar-refractivity contribution >= 4 is 23.7 Å². The van der Waals surface area contributed by atoms with Crippen LogP contribution in [0.5, 0.6) is 5.75 Å². The molecule has 0 spiro atoms. The van der Waals surface area contributed by atoms with Crippen LogP contribution in [-0.4, -0.2) is 19.2 Å². The summed E-state index contributed by atoms with van der Waals surface area (Å²) in [5.41, 5.74) is 0.814. The summed E-state index contributed by atoms with van der Waals surface area (Å²) in [5.74, 6) is 0.235. The van der Waals surface area contributed by atoms with Crippen molar-refractivity contribution in [2.75, 3.05) is 7.11 Å². The van der Waals surface area contributed by atoms with Crippen LogP contribution in [0.2, 0.25) is 0 Å². The monoisotopic (exact) mass is 226 g/mol. The van der Waals surface area contributed by atoms with Gasteiger partial charge in [-0.2, -0.15) is 0 Å². The van der Waals surface area contributed by atoms with Gasteiger partial charge < -0.3 is 4.74 Å². The van der Waals surface area contributed by atoms with E-state index in [0.717, 1.165) is 0 Å². The van der Waals surface area contributed by atoms with Crippen molar-refractivity contribution in [3.05, 3.63) is 29.3 Å². The van der Waals surface area contributed by atoms with Gasteiger partial charge in [-0.3, -0.25) is 9.59 Å². The van der Waals surface area contributed by atoms with Crippen LogP contribution >= 0.6 is 11.6 Å². The van der Waals surface area contributed by atoms with Crippen LogP contribution < -0.4 is 4.74 Å². The number of ketones is 1. The third-order valence-corrected chi connectivity index (χ3v) is 2.58. The molecule has 0 heterocycles. The highest BCUT2D eigenvalue weighted by Crippen LogP contribution is 2.32. The predicted octanol–water partition coefficient (Wildman–Crippen LogP) is 2.38. The van der Waals surface area contributed by atoms with E-state index >= 15 is 0 Å². The van der Waals surface area contributed by atoms with Crippen molar-refractivity contribution in [1.82, 2.24) is 0 Å². The van der Waals surface area contributed by atoms with Gasteiger partial charge in [-0.05, 0) is 13.0 Å². The minimum atomic E-state index is -0.846. The van der Waals surface area contributed by atoms with Crippen LogP contribution in [0.3, 0.4) is 0 Å². The lowest BCUT2D eigenvalue weighted by molar-refractivity contribution is -0.116. The number of aldehydes is 1.